The van der Waals surface area contributed by atoms with Gasteiger partial charge in [-0.2, -0.15) is 0 Å². The molecule has 2 heterocycles. The van der Waals surface area contributed by atoms with Crippen molar-refractivity contribution >= 4 is 11.9 Å². The van der Waals surface area contributed by atoms with Crippen LogP contribution in [0.1, 0.15) is 24.8 Å². The van der Waals surface area contributed by atoms with Gasteiger partial charge < -0.3 is 20.3 Å². The second kappa shape index (κ2) is 9.68. The zero-order valence-corrected chi connectivity index (χ0v) is 15.5. The molecule has 0 spiro atoms. The van der Waals surface area contributed by atoms with E-state index in [9.17, 15) is 14.0 Å². The lowest BCUT2D eigenvalue weighted by molar-refractivity contribution is -0.129. The van der Waals surface area contributed by atoms with E-state index in [0.29, 0.717) is 11.3 Å². The number of carbonyl (C=O) groups is 2. The van der Waals surface area contributed by atoms with Crippen LogP contribution < -0.4 is 15.4 Å². The van der Waals surface area contributed by atoms with Gasteiger partial charge in [-0.1, -0.05) is 12.1 Å². The topological polar surface area (TPSA) is 83.6 Å². The molecule has 1 aliphatic rings. The summed E-state index contributed by atoms with van der Waals surface area (Å²) in [6.45, 7) is 2.07. The molecule has 2 aromatic rings. The van der Waals surface area contributed by atoms with Crippen LogP contribution in [0.5, 0.6) is 11.6 Å². The highest BCUT2D eigenvalue weighted by molar-refractivity contribution is 5.78. The minimum absolute atomic E-state index is 0.0656. The summed E-state index contributed by atoms with van der Waals surface area (Å²) in [4.78, 5) is 29.9. The van der Waals surface area contributed by atoms with Crippen molar-refractivity contribution in [2.75, 3.05) is 19.6 Å². The lowest BCUT2D eigenvalue weighted by Crippen LogP contribution is -2.38. The van der Waals surface area contributed by atoms with Crippen LogP contribution in [0.4, 0.5) is 9.18 Å². The predicted molar refractivity (Wildman–Crippen MR) is 101 cm³/mol. The number of likely N-dealkylation sites (tertiary alicyclic amines) is 1. The molecule has 28 heavy (non-hydrogen) atoms. The number of hydrogen-bond acceptors (Lipinski definition) is 4. The van der Waals surface area contributed by atoms with E-state index in [2.05, 4.69) is 15.6 Å². The molecule has 0 radical (unpaired) electrons. The van der Waals surface area contributed by atoms with E-state index in [1.807, 2.05) is 4.90 Å². The fourth-order valence-corrected chi connectivity index (χ4v) is 2.94. The number of ether oxygens (including phenoxy) is 1. The van der Waals surface area contributed by atoms with Gasteiger partial charge in [0.2, 0.25) is 11.8 Å². The third-order valence-electron chi connectivity index (χ3n) is 4.38. The summed E-state index contributed by atoms with van der Waals surface area (Å²) in [5.41, 5.74) is 0.648. The Labute approximate surface area is 162 Å². The fourth-order valence-electron chi connectivity index (χ4n) is 2.94. The van der Waals surface area contributed by atoms with Crippen molar-refractivity contribution < 1.29 is 18.7 Å². The summed E-state index contributed by atoms with van der Waals surface area (Å²) < 4.78 is 18.9. The van der Waals surface area contributed by atoms with Gasteiger partial charge in [0.05, 0.1) is 0 Å². The molecular formula is C20H23FN4O3. The van der Waals surface area contributed by atoms with Crippen LogP contribution in [0.3, 0.4) is 0 Å². The average molecular weight is 386 g/mol. The maximum atomic E-state index is 13.3. The number of benzene rings is 1. The number of carbonyl (C=O) groups excluding carboxylic acids is 2. The Hall–Kier alpha value is -3.16. The summed E-state index contributed by atoms with van der Waals surface area (Å²) in [6.07, 6.45) is 3.94. The monoisotopic (exact) mass is 386 g/mol. The van der Waals surface area contributed by atoms with E-state index in [1.165, 1.54) is 12.1 Å². The van der Waals surface area contributed by atoms with Crippen LogP contribution in [0.25, 0.3) is 0 Å². The van der Waals surface area contributed by atoms with Crippen molar-refractivity contribution in [3.63, 3.8) is 0 Å². The van der Waals surface area contributed by atoms with Crippen molar-refractivity contribution in [3.05, 3.63) is 54.0 Å². The van der Waals surface area contributed by atoms with Crippen LogP contribution in [0.2, 0.25) is 0 Å². The molecule has 1 fully saturated rings. The van der Waals surface area contributed by atoms with Gasteiger partial charge in [-0.05, 0) is 31.0 Å². The van der Waals surface area contributed by atoms with Crippen molar-refractivity contribution in [2.24, 2.45) is 0 Å². The van der Waals surface area contributed by atoms with Gasteiger partial charge in [0.25, 0.3) is 0 Å². The van der Waals surface area contributed by atoms with E-state index in [1.54, 1.807) is 30.5 Å². The Morgan fingerprint density at radius 3 is 2.75 bits per heavy atom. The molecule has 0 aliphatic carbocycles. The third kappa shape index (κ3) is 5.67. The average Bonchev–Trinajstić information content (AvgIpc) is 3.22. The Kier molecular flexibility index (Phi) is 6.78. The maximum Gasteiger partial charge on any atom is 0.315 e. The third-order valence-corrected chi connectivity index (χ3v) is 4.38. The van der Waals surface area contributed by atoms with Gasteiger partial charge in [-0.25, -0.2) is 14.2 Å². The molecule has 2 N–H and O–H groups in total. The SMILES string of the molecule is O=C(NCCC(=O)N1CCCC1)NCc1cccnc1Oc1cccc(F)c1. The molecule has 8 heteroatoms. The molecule has 0 saturated carbocycles. The standard InChI is InChI=1S/C20H23FN4O3/c21-16-6-3-7-17(13-16)28-19-15(5-4-9-22-19)14-24-20(27)23-10-8-18(26)25-11-1-2-12-25/h3-7,9,13H,1-2,8,10-12,14H2,(H2,23,24,27). The number of urea groups is 1. The molecular weight excluding hydrogens is 363 g/mol. The molecule has 1 aromatic heterocycles. The molecule has 7 nitrogen and oxygen atoms in total. The summed E-state index contributed by atoms with van der Waals surface area (Å²) in [5.74, 6) is 0.272. The first-order valence-corrected chi connectivity index (χ1v) is 9.28. The summed E-state index contributed by atoms with van der Waals surface area (Å²) in [5, 5.41) is 5.39. The minimum Gasteiger partial charge on any atom is -0.439 e. The second-order valence-corrected chi connectivity index (χ2v) is 6.47. The molecule has 1 saturated heterocycles. The first-order chi connectivity index (χ1) is 13.6. The van der Waals surface area contributed by atoms with Gasteiger partial charge in [-0.3, -0.25) is 4.79 Å². The lowest BCUT2D eigenvalue weighted by Gasteiger charge is -2.15. The normalized spacial score (nSPS) is 13.2. The molecule has 148 valence electrons. The van der Waals surface area contributed by atoms with Crippen molar-refractivity contribution in [2.45, 2.75) is 25.8 Å². The fraction of sp³-hybridized carbons (Fsp3) is 0.350. The number of pyridine rings is 1. The van der Waals surface area contributed by atoms with Crippen LogP contribution in [-0.2, 0) is 11.3 Å². The predicted octanol–water partition coefficient (Wildman–Crippen LogP) is 2.82. The number of amides is 3. The molecule has 3 amide bonds. The first-order valence-electron chi connectivity index (χ1n) is 9.28. The molecule has 3 rings (SSSR count). The van der Waals surface area contributed by atoms with Crippen molar-refractivity contribution in [1.82, 2.24) is 20.5 Å². The number of rotatable bonds is 7. The Morgan fingerprint density at radius 2 is 1.96 bits per heavy atom. The largest absolute Gasteiger partial charge is 0.439 e. The molecule has 1 aliphatic heterocycles. The molecule has 0 atom stereocenters. The number of aromatic nitrogens is 1. The van der Waals surface area contributed by atoms with E-state index >= 15 is 0 Å². The van der Waals surface area contributed by atoms with Crippen LogP contribution in [-0.4, -0.2) is 41.5 Å². The van der Waals surface area contributed by atoms with Gasteiger partial charge in [0.15, 0.2) is 0 Å². The minimum atomic E-state index is -0.407. The second-order valence-electron chi connectivity index (χ2n) is 6.47. The number of nitrogens with one attached hydrogen (secondary N) is 2. The summed E-state index contributed by atoms with van der Waals surface area (Å²) in [6, 6.07) is 8.86. The zero-order chi connectivity index (χ0) is 19.8. The Balaban J connectivity index is 1.46. The van der Waals surface area contributed by atoms with Crippen molar-refractivity contribution in [3.8, 4) is 11.6 Å². The number of hydrogen-bond donors (Lipinski definition) is 2. The van der Waals surface area contributed by atoms with Crippen LogP contribution >= 0.6 is 0 Å². The molecule has 1 aromatic carbocycles. The molecule has 0 unspecified atom stereocenters. The highest BCUT2D eigenvalue weighted by atomic mass is 19.1. The zero-order valence-electron chi connectivity index (χ0n) is 15.5. The summed E-state index contributed by atoms with van der Waals surface area (Å²) in [7, 11) is 0. The Bertz CT molecular complexity index is 825. The van der Waals surface area contributed by atoms with Gasteiger partial charge in [0.1, 0.15) is 11.6 Å². The first kappa shape index (κ1) is 19.6. The van der Waals surface area contributed by atoms with E-state index in [4.69, 9.17) is 4.74 Å². The maximum absolute atomic E-state index is 13.3. The quantitative estimate of drug-likeness (QED) is 0.767. The van der Waals surface area contributed by atoms with E-state index in [-0.39, 0.29) is 37.3 Å². The molecule has 0 bridgehead atoms. The number of nitrogens with zero attached hydrogens (tertiary/aromatic N) is 2. The lowest BCUT2D eigenvalue weighted by atomic mass is 10.2. The highest BCUT2D eigenvalue weighted by Crippen LogP contribution is 2.23. The van der Waals surface area contributed by atoms with Crippen molar-refractivity contribution in [1.29, 1.82) is 0 Å². The van der Waals surface area contributed by atoms with Crippen LogP contribution in [0, 0.1) is 5.82 Å². The van der Waals surface area contributed by atoms with Crippen LogP contribution in [0.15, 0.2) is 42.6 Å². The van der Waals surface area contributed by atoms with E-state index in [0.717, 1.165) is 25.9 Å². The van der Waals surface area contributed by atoms with Gasteiger partial charge in [0, 0.05) is 50.4 Å². The highest BCUT2D eigenvalue weighted by Gasteiger charge is 2.17. The van der Waals surface area contributed by atoms with Gasteiger partial charge >= 0.3 is 6.03 Å². The smallest absolute Gasteiger partial charge is 0.315 e. The Morgan fingerprint density at radius 1 is 1.14 bits per heavy atom. The van der Waals surface area contributed by atoms with Gasteiger partial charge in [-0.15, -0.1) is 0 Å². The number of halogens is 1. The summed E-state index contributed by atoms with van der Waals surface area (Å²) >= 11 is 0. The van der Waals surface area contributed by atoms with E-state index < -0.39 is 5.82 Å².